The molecule has 1 amide bonds. The van der Waals surface area contributed by atoms with Crippen LogP contribution in [0.2, 0.25) is 5.02 Å². The molecule has 1 aromatic heterocycles. The fraction of sp³-hybridized carbons (Fsp3) is 0.400. The third kappa shape index (κ3) is 5.46. The van der Waals surface area contributed by atoms with Crippen molar-refractivity contribution in [2.24, 2.45) is 0 Å². The molecule has 0 atom stereocenters. The molecule has 7 nitrogen and oxygen atoms in total. The molecule has 29 heavy (non-hydrogen) atoms. The molecule has 1 saturated heterocycles. The molecule has 1 aromatic carbocycles. The largest absolute Gasteiger partial charge is 0.353 e. The standard InChI is InChI=1S/C20H25ClN4O3S/c1-15-3-4-16(2)18(13-15)29(27,28)23-8-7-20(26)25-11-9-24(10-12-25)19-6-5-17(21)14-22-19/h3-6,13-14,23H,7-12H2,1-2H3. The Labute approximate surface area is 176 Å². The van der Waals surface area contributed by atoms with Crippen LogP contribution in [-0.2, 0) is 14.8 Å². The van der Waals surface area contributed by atoms with E-state index < -0.39 is 10.0 Å². The average molecular weight is 437 g/mol. The smallest absolute Gasteiger partial charge is 0.240 e. The number of carbonyl (C=O) groups is 1. The van der Waals surface area contributed by atoms with Gasteiger partial charge in [-0.2, -0.15) is 0 Å². The number of anilines is 1. The second-order valence-electron chi connectivity index (χ2n) is 7.12. The molecule has 2 aromatic rings. The van der Waals surface area contributed by atoms with Crippen molar-refractivity contribution in [1.82, 2.24) is 14.6 Å². The Bertz CT molecular complexity index is 972. The Balaban J connectivity index is 1.49. The van der Waals surface area contributed by atoms with Gasteiger partial charge in [-0.15, -0.1) is 0 Å². The number of carbonyl (C=O) groups excluding carboxylic acids is 1. The molecule has 0 bridgehead atoms. The summed E-state index contributed by atoms with van der Waals surface area (Å²) in [6.07, 6.45) is 1.74. The highest BCUT2D eigenvalue weighted by Gasteiger charge is 2.23. The highest BCUT2D eigenvalue weighted by Crippen LogP contribution is 2.18. The van der Waals surface area contributed by atoms with Crippen molar-refractivity contribution >= 4 is 33.3 Å². The molecular weight excluding hydrogens is 412 g/mol. The van der Waals surface area contributed by atoms with Crippen LogP contribution in [0.1, 0.15) is 17.5 Å². The molecule has 156 valence electrons. The molecule has 9 heteroatoms. The van der Waals surface area contributed by atoms with Crippen molar-refractivity contribution in [2.45, 2.75) is 25.2 Å². The van der Waals surface area contributed by atoms with Crippen molar-refractivity contribution in [3.63, 3.8) is 0 Å². The lowest BCUT2D eigenvalue weighted by molar-refractivity contribution is -0.131. The van der Waals surface area contributed by atoms with Gasteiger partial charge in [-0.3, -0.25) is 4.79 Å². The first-order valence-electron chi connectivity index (χ1n) is 9.47. The van der Waals surface area contributed by atoms with Crippen molar-refractivity contribution < 1.29 is 13.2 Å². The lowest BCUT2D eigenvalue weighted by atomic mass is 10.2. The molecule has 1 N–H and O–H groups in total. The van der Waals surface area contributed by atoms with Crippen molar-refractivity contribution in [2.75, 3.05) is 37.6 Å². The van der Waals surface area contributed by atoms with Gasteiger partial charge in [-0.25, -0.2) is 18.1 Å². The summed E-state index contributed by atoms with van der Waals surface area (Å²) in [6.45, 7) is 6.19. The van der Waals surface area contributed by atoms with Crippen molar-refractivity contribution in [3.05, 3.63) is 52.7 Å². The molecule has 0 unspecified atom stereocenters. The minimum absolute atomic E-state index is 0.0580. The molecule has 0 aliphatic carbocycles. The first-order chi connectivity index (χ1) is 13.8. The minimum Gasteiger partial charge on any atom is -0.353 e. The SMILES string of the molecule is Cc1ccc(C)c(S(=O)(=O)NCCC(=O)N2CCN(c3ccc(Cl)cn3)CC2)c1. The number of rotatable bonds is 6. The van der Waals surface area contributed by atoms with Gasteiger partial charge in [0.1, 0.15) is 5.82 Å². The molecule has 1 aliphatic rings. The zero-order valence-electron chi connectivity index (χ0n) is 16.6. The maximum absolute atomic E-state index is 12.5. The van der Waals surface area contributed by atoms with Crippen molar-refractivity contribution in [3.8, 4) is 0 Å². The quantitative estimate of drug-likeness (QED) is 0.751. The molecule has 0 spiro atoms. The number of nitrogens with zero attached hydrogens (tertiary/aromatic N) is 3. The van der Waals surface area contributed by atoms with E-state index in [9.17, 15) is 13.2 Å². The molecule has 2 heterocycles. The van der Waals surface area contributed by atoms with E-state index in [4.69, 9.17) is 11.6 Å². The summed E-state index contributed by atoms with van der Waals surface area (Å²) in [5.74, 6) is 0.778. The number of piperazine rings is 1. The number of aromatic nitrogens is 1. The van der Waals surface area contributed by atoms with E-state index in [0.29, 0.717) is 36.8 Å². The third-order valence-corrected chi connectivity index (χ3v) is 6.76. The van der Waals surface area contributed by atoms with Crippen molar-refractivity contribution in [1.29, 1.82) is 0 Å². The third-order valence-electron chi connectivity index (χ3n) is 4.93. The first kappa shape index (κ1) is 21.5. The maximum Gasteiger partial charge on any atom is 0.240 e. The van der Waals surface area contributed by atoms with Gasteiger partial charge in [0.05, 0.1) is 9.92 Å². The number of halogens is 1. The highest BCUT2D eigenvalue weighted by atomic mass is 35.5. The van der Waals surface area contributed by atoms with E-state index in [1.165, 1.54) is 0 Å². The zero-order chi connectivity index (χ0) is 21.0. The number of hydrogen-bond donors (Lipinski definition) is 1. The van der Waals surface area contributed by atoms with E-state index in [1.54, 1.807) is 36.2 Å². The molecular formula is C20H25ClN4O3S. The Kier molecular flexibility index (Phi) is 6.77. The monoisotopic (exact) mass is 436 g/mol. The minimum atomic E-state index is -3.64. The number of sulfonamides is 1. The Morgan fingerprint density at radius 1 is 1.14 bits per heavy atom. The Morgan fingerprint density at radius 3 is 2.52 bits per heavy atom. The van der Waals surface area contributed by atoms with Gasteiger partial charge in [0, 0.05) is 45.3 Å². The number of aryl methyl sites for hydroxylation is 2. The van der Waals surface area contributed by atoms with Crippen LogP contribution in [0.25, 0.3) is 0 Å². The van der Waals surface area contributed by atoms with Crippen LogP contribution in [0.5, 0.6) is 0 Å². The zero-order valence-corrected chi connectivity index (χ0v) is 18.1. The molecule has 1 aliphatic heterocycles. The van der Waals surface area contributed by atoms with Crippen LogP contribution in [0.15, 0.2) is 41.4 Å². The van der Waals surface area contributed by atoms with E-state index in [2.05, 4.69) is 14.6 Å². The van der Waals surface area contributed by atoms with Gasteiger partial charge >= 0.3 is 0 Å². The molecule has 0 saturated carbocycles. The molecule has 1 fully saturated rings. The predicted molar refractivity (Wildman–Crippen MR) is 114 cm³/mol. The predicted octanol–water partition coefficient (Wildman–Crippen LogP) is 2.37. The summed E-state index contributed by atoms with van der Waals surface area (Å²) in [4.78, 5) is 20.9. The van der Waals surface area contributed by atoms with Crippen LogP contribution in [0, 0.1) is 13.8 Å². The van der Waals surface area contributed by atoms with Crippen LogP contribution in [-0.4, -0.2) is 56.9 Å². The van der Waals surface area contributed by atoms with Gasteiger partial charge in [-0.1, -0.05) is 23.7 Å². The van der Waals surface area contributed by atoms with E-state index in [-0.39, 0.29) is 23.8 Å². The molecule has 0 radical (unpaired) electrons. The first-order valence-corrected chi connectivity index (χ1v) is 11.3. The van der Waals surface area contributed by atoms with Gasteiger partial charge < -0.3 is 9.80 Å². The normalized spacial score (nSPS) is 14.9. The topological polar surface area (TPSA) is 82.6 Å². The Hall–Kier alpha value is -2.16. The van der Waals surface area contributed by atoms with Gasteiger partial charge in [-0.05, 0) is 43.2 Å². The Morgan fingerprint density at radius 2 is 1.86 bits per heavy atom. The van der Waals surface area contributed by atoms with Gasteiger partial charge in [0.2, 0.25) is 15.9 Å². The lowest BCUT2D eigenvalue weighted by Gasteiger charge is -2.35. The maximum atomic E-state index is 12.5. The summed E-state index contributed by atoms with van der Waals surface area (Å²) in [5.41, 5.74) is 1.56. The highest BCUT2D eigenvalue weighted by molar-refractivity contribution is 7.89. The van der Waals surface area contributed by atoms with Crippen LogP contribution >= 0.6 is 11.6 Å². The van der Waals surface area contributed by atoms with E-state index >= 15 is 0 Å². The lowest BCUT2D eigenvalue weighted by Crippen LogP contribution is -2.49. The van der Waals surface area contributed by atoms with Gasteiger partial charge in [0.25, 0.3) is 0 Å². The summed E-state index contributed by atoms with van der Waals surface area (Å²) < 4.78 is 27.6. The molecule has 3 rings (SSSR count). The summed E-state index contributed by atoms with van der Waals surface area (Å²) in [7, 11) is -3.64. The van der Waals surface area contributed by atoms with Gasteiger partial charge in [0.15, 0.2) is 0 Å². The van der Waals surface area contributed by atoms with E-state index in [1.807, 2.05) is 19.1 Å². The van der Waals surface area contributed by atoms with Crippen LogP contribution in [0.3, 0.4) is 0 Å². The summed E-state index contributed by atoms with van der Waals surface area (Å²) in [6, 6.07) is 8.95. The number of amides is 1. The second kappa shape index (κ2) is 9.11. The van der Waals surface area contributed by atoms with E-state index in [0.717, 1.165) is 11.4 Å². The number of pyridine rings is 1. The summed E-state index contributed by atoms with van der Waals surface area (Å²) >= 11 is 5.87. The number of nitrogens with one attached hydrogen (secondary N) is 1. The van der Waals surface area contributed by atoms with Crippen LogP contribution in [0.4, 0.5) is 5.82 Å². The number of benzene rings is 1. The second-order valence-corrected chi connectivity index (χ2v) is 9.29. The fourth-order valence-corrected chi connectivity index (χ4v) is 4.74. The number of hydrogen-bond acceptors (Lipinski definition) is 5. The summed E-state index contributed by atoms with van der Waals surface area (Å²) in [5, 5.41) is 0.589. The average Bonchev–Trinajstić information content (AvgIpc) is 2.70. The van der Waals surface area contributed by atoms with Crippen LogP contribution < -0.4 is 9.62 Å². The fourth-order valence-electron chi connectivity index (χ4n) is 3.27.